The van der Waals surface area contributed by atoms with Crippen molar-refractivity contribution in [2.75, 3.05) is 7.11 Å². The third-order valence-electron chi connectivity index (χ3n) is 8.26. The van der Waals surface area contributed by atoms with Crippen LogP contribution in [0.25, 0.3) is 11.3 Å². The molecule has 0 amide bonds. The van der Waals surface area contributed by atoms with Crippen LogP contribution in [0.5, 0.6) is 5.75 Å². The van der Waals surface area contributed by atoms with E-state index in [1.54, 1.807) is 18.2 Å². The van der Waals surface area contributed by atoms with Gasteiger partial charge in [0, 0.05) is 17.6 Å². The Morgan fingerprint density at radius 1 is 1.05 bits per heavy atom. The minimum absolute atomic E-state index is 0.00951. The number of aliphatic hydroxyl groups is 1. The molecule has 4 aliphatic carbocycles. The van der Waals surface area contributed by atoms with Crippen LogP contribution in [0.3, 0.4) is 0 Å². The number of nitrogens with one attached hydrogen (secondary N) is 2. The smallest absolute Gasteiger partial charge is 0.201 e. The van der Waals surface area contributed by atoms with E-state index in [-0.39, 0.29) is 28.5 Å². The van der Waals surface area contributed by atoms with Crippen LogP contribution in [-0.4, -0.2) is 35.3 Å². The van der Waals surface area contributed by atoms with Crippen molar-refractivity contribution in [2.45, 2.75) is 49.7 Å². The fourth-order valence-electron chi connectivity index (χ4n) is 7.27. The molecule has 0 saturated heterocycles. The van der Waals surface area contributed by atoms with Gasteiger partial charge in [-0.15, -0.1) is 0 Å². The summed E-state index contributed by atoms with van der Waals surface area (Å²) in [6.07, 6.45) is 4.91. The van der Waals surface area contributed by atoms with Gasteiger partial charge in [0.15, 0.2) is 17.5 Å². The lowest BCUT2D eigenvalue weighted by Crippen LogP contribution is -2.59. The molecule has 4 bridgehead atoms. The van der Waals surface area contributed by atoms with Crippen molar-refractivity contribution in [3.05, 3.63) is 70.4 Å². The second-order valence-corrected chi connectivity index (χ2v) is 11.0. The highest BCUT2D eigenvalue weighted by molar-refractivity contribution is 6.11. The van der Waals surface area contributed by atoms with Crippen LogP contribution in [0.2, 0.25) is 0 Å². The molecule has 7 nitrogen and oxygen atoms in total. The molecule has 2 aromatic carbocycles. The Bertz CT molecular complexity index is 1490. The third-order valence-corrected chi connectivity index (χ3v) is 8.26. The van der Waals surface area contributed by atoms with Crippen LogP contribution in [-0.2, 0) is 4.79 Å². The van der Waals surface area contributed by atoms with Gasteiger partial charge in [0.2, 0.25) is 5.96 Å². The molecular formula is C29H26F2N4O3. The van der Waals surface area contributed by atoms with E-state index >= 15 is 0 Å². The van der Waals surface area contributed by atoms with Crippen molar-refractivity contribution in [1.82, 2.24) is 10.6 Å². The van der Waals surface area contributed by atoms with Crippen molar-refractivity contribution in [3.8, 4) is 11.8 Å². The number of halogens is 2. The highest BCUT2D eigenvalue weighted by atomic mass is 19.1. The number of hydrogen-bond acceptors (Lipinski definition) is 5. The number of guanidine groups is 1. The second-order valence-electron chi connectivity index (χ2n) is 11.0. The predicted molar refractivity (Wildman–Crippen MR) is 136 cm³/mol. The molecule has 2 unspecified atom stereocenters. The number of nitrogens with zero attached hydrogens (tertiary/aromatic N) is 2. The number of methoxy groups -OCH3 is 1. The SMILES string of the molecule is COc1ccc(C2=C(c3ccc(C#N)c(F)c3)NC(=NC34CC5CC(CC(O)(C5)C3)C4)NC2=C=O)cc1F. The highest BCUT2D eigenvalue weighted by Gasteiger charge is 2.57. The quantitative estimate of drug-likeness (QED) is 0.529. The summed E-state index contributed by atoms with van der Waals surface area (Å²) < 4.78 is 34.4. The summed E-state index contributed by atoms with van der Waals surface area (Å²) in [6, 6.07) is 10.2. The fourth-order valence-corrected chi connectivity index (χ4v) is 7.27. The standard InChI is InChI=1S/C29H26F2N4O3/c1-38-24-5-4-18(7-22(24)31)25-23(14-36)33-27(34-26(25)19-2-3-20(13-32)21(30)8-19)35-28-9-16-6-17(10-28)12-29(37,11-16)15-28/h2-5,7-8,16-17,37H,6,9-12,15H2,1H3,(H2,33,34,35). The summed E-state index contributed by atoms with van der Waals surface area (Å²) in [5.41, 5.74) is -0.0495. The van der Waals surface area contributed by atoms with E-state index in [4.69, 9.17) is 9.73 Å². The van der Waals surface area contributed by atoms with Gasteiger partial charge in [-0.05, 0) is 73.8 Å². The third kappa shape index (κ3) is 4.07. The Labute approximate surface area is 218 Å². The number of allylic oxidation sites excluding steroid dienone is 1. The normalized spacial score (nSPS) is 30.5. The predicted octanol–water partition coefficient (Wildman–Crippen LogP) is 4.06. The summed E-state index contributed by atoms with van der Waals surface area (Å²) in [5.74, 6) is 1.67. The summed E-state index contributed by atoms with van der Waals surface area (Å²) in [4.78, 5) is 17.3. The van der Waals surface area contributed by atoms with E-state index in [9.17, 15) is 23.9 Å². The Balaban J connectivity index is 1.49. The van der Waals surface area contributed by atoms with Crippen molar-refractivity contribution in [1.29, 1.82) is 5.26 Å². The van der Waals surface area contributed by atoms with E-state index in [1.807, 2.05) is 5.94 Å². The second kappa shape index (κ2) is 8.80. The lowest BCUT2D eigenvalue weighted by molar-refractivity contribution is -0.132. The van der Waals surface area contributed by atoms with Crippen molar-refractivity contribution >= 4 is 23.2 Å². The molecule has 194 valence electrons. The van der Waals surface area contributed by atoms with E-state index in [2.05, 4.69) is 10.6 Å². The van der Waals surface area contributed by atoms with Crippen molar-refractivity contribution in [3.63, 3.8) is 0 Å². The summed E-state index contributed by atoms with van der Waals surface area (Å²) in [7, 11) is 1.35. The van der Waals surface area contributed by atoms with Gasteiger partial charge in [0.05, 0.1) is 29.5 Å². The number of aliphatic imine (C=N–C) groups is 1. The number of rotatable bonds is 4. The van der Waals surface area contributed by atoms with Gasteiger partial charge < -0.3 is 20.5 Å². The maximum atomic E-state index is 14.7. The van der Waals surface area contributed by atoms with Crippen LogP contribution < -0.4 is 15.4 Å². The van der Waals surface area contributed by atoms with Crippen LogP contribution in [0.1, 0.15) is 55.2 Å². The molecule has 2 atom stereocenters. The number of nitriles is 1. The van der Waals surface area contributed by atoms with E-state index in [0.29, 0.717) is 35.1 Å². The van der Waals surface area contributed by atoms with Crippen LogP contribution in [0.4, 0.5) is 8.78 Å². The van der Waals surface area contributed by atoms with Gasteiger partial charge >= 0.3 is 0 Å². The first-order valence-electron chi connectivity index (χ1n) is 12.6. The van der Waals surface area contributed by atoms with Gasteiger partial charge in [-0.3, -0.25) is 0 Å². The Morgan fingerprint density at radius 2 is 1.76 bits per heavy atom. The zero-order valence-corrected chi connectivity index (χ0v) is 20.8. The van der Waals surface area contributed by atoms with Gasteiger partial charge in [-0.1, -0.05) is 12.1 Å². The van der Waals surface area contributed by atoms with E-state index < -0.39 is 22.8 Å². The molecule has 2 aromatic rings. The van der Waals surface area contributed by atoms with E-state index in [1.165, 1.54) is 31.4 Å². The number of hydrogen-bond donors (Lipinski definition) is 3. The number of carbonyl (C=O) groups excluding carboxylic acids is 1. The zero-order valence-electron chi connectivity index (χ0n) is 20.8. The van der Waals surface area contributed by atoms with Crippen LogP contribution in [0.15, 0.2) is 47.1 Å². The topological polar surface area (TPSA) is 107 Å². The molecule has 0 radical (unpaired) electrons. The first-order valence-corrected chi connectivity index (χ1v) is 12.6. The molecule has 38 heavy (non-hydrogen) atoms. The molecule has 0 spiro atoms. The average Bonchev–Trinajstić information content (AvgIpc) is 2.86. The average molecular weight is 517 g/mol. The van der Waals surface area contributed by atoms with E-state index in [0.717, 1.165) is 32.1 Å². The number of benzene rings is 2. The largest absolute Gasteiger partial charge is 0.494 e. The first-order chi connectivity index (χ1) is 18.2. The summed E-state index contributed by atoms with van der Waals surface area (Å²) >= 11 is 0. The van der Waals surface area contributed by atoms with Gasteiger partial charge in [0.25, 0.3) is 0 Å². The maximum absolute atomic E-state index is 14.7. The Hall–Kier alpha value is -3.99. The van der Waals surface area contributed by atoms with Crippen molar-refractivity contribution < 1.29 is 23.4 Å². The van der Waals surface area contributed by atoms with Gasteiger partial charge in [0.1, 0.15) is 17.6 Å². The maximum Gasteiger partial charge on any atom is 0.201 e. The van der Waals surface area contributed by atoms with Crippen LogP contribution >= 0.6 is 0 Å². The molecule has 0 aromatic heterocycles. The number of ether oxygens (including phenoxy) is 1. The molecule has 1 heterocycles. The molecule has 4 fully saturated rings. The van der Waals surface area contributed by atoms with Crippen molar-refractivity contribution in [2.24, 2.45) is 16.8 Å². The molecule has 3 N–H and O–H groups in total. The summed E-state index contributed by atoms with van der Waals surface area (Å²) in [6.45, 7) is 0. The van der Waals surface area contributed by atoms with Gasteiger partial charge in [-0.25, -0.2) is 18.6 Å². The Morgan fingerprint density at radius 3 is 2.37 bits per heavy atom. The summed E-state index contributed by atoms with van der Waals surface area (Å²) in [5, 5.41) is 26.6. The minimum Gasteiger partial charge on any atom is -0.494 e. The molecule has 7 rings (SSSR count). The monoisotopic (exact) mass is 516 g/mol. The van der Waals surface area contributed by atoms with Gasteiger partial charge in [-0.2, -0.15) is 5.26 Å². The molecule has 1 aliphatic heterocycles. The highest BCUT2D eigenvalue weighted by Crippen LogP contribution is 2.59. The molecule has 4 saturated carbocycles. The fraction of sp³-hybridized carbons (Fsp3) is 0.379. The molecular weight excluding hydrogens is 490 g/mol. The Kier molecular flexibility index (Phi) is 5.64. The zero-order chi connectivity index (χ0) is 26.7. The lowest BCUT2D eigenvalue weighted by Gasteiger charge is -2.58. The first kappa shape index (κ1) is 24.4. The van der Waals surface area contributed by atoms with Crippen LogP contribution in [0, 0.1) is 34.8 Å². The minimum atomic E-state index is -0.729. The lowest BCUT2D eigenvalue weighted by atomic mass is 9.51. The molecule has 9 heteroatoms. The molecule has 5 aliphatic rings.